The summed E-state index contributed by atoms with van der Waals surface area (Å²) in [6, 6.07) is 0. The lowest BCUT2D eigenvalue weighted by atomic mass is 10.2. The van der Waals surface area contributed by atoms with Crippen LogP contribution in [0.15, 0.2) is 15.0 Å². The van der Waals surface area contributed by atoms with Gasteiger partial charge < -0.3 is 5.73 Å². The average molecular weight is 165 g/mol. The van der Waals surface area contributed by atoms with Crippen LogP contribution in [0.4, 0.5) is 0 Å². The Morgan fingerprint density at radius 2 is 2.17 bits per heavy atom. The first-order valence-electron chi connectivity index (χ1n) is 3.22. The molecule has 2 aliphatic heterocycles. The molecule has 6 N–H and O–H groups in total. The van der Waals surface area contributed by atoms with E-state index in [9.17, 15) is 0 Å². The highest BCUT2D eigenvalue weighted by Gasteiger charge is 2.43. The van der Waals surface area contributed by atoms with Crippen molar-refractivity contribution in [2.75, 3.05) is 0 Å². The smallest absolute Gasteiger partial charge is 0.344 e. The molecule has 7 heteroatoms. The van der Waals surface area contributed by atoms with E-state index in [2.05, 4.69) is 20.0 Å². The van der Waals surface area contributed by atoms with Gasteiger partial charge in [-0.25, -0.2) is 0 Å². The van der Waals surface area contributed by atoms with Gasteiger partial charge in [0.2, 0.25) is 5.79 Å². The summed E-state index contributed by atoms with van der Waals surface area (Å²) in [7, 11) is 0. The third-order valence-electron chi connectivity index (χ3n) is 1.48. The lowest BCUT2D eigenvalue weighted by Crippen LogP contribution is -2.60. The van der Waals surface area contributed by atoms with E-state index in [0.29, 0.717) is 11.5 Å². The molecule has 0 spiro atoms. The van der Waals surface area contributed by atoms with Gasteiger partial charge in [-0.3, -0.25) is 11.5 Å². The first kappa shape index (κ1) is 7.07. The Bertz CT molecular complexity index is 345. The third-order valence-corrected chi connectivity index (χ3v) is 1.48. The van der Waals surface area contributed by atoms with Crippen LogP contribution in [0, 0.1) is 0 Å². The lowest BCUT2D eigenvalue weighted by Gasteiger charge is -2.16. The minimum absolute atomic E-state index is 0.0213. The van der Waals surface area contributed by atoms with Crippen molar-refractivity contribution in [1.29, 1.82) is 0 Å². The maximum absolute atomic E-state index is 5.57. The second kappa shape index (κ2) is 1.96. The molecule has 2 aliphatic rings. The molecule has 0 aliphatic carbocycles. The monoisotopic (exact) mass is 165 g/mol. The largest absolute Gasteiger partial charge is 0.354 e. The number of nitrogens with two attached hydrogens (primary N) is 3. The van der Waals surface area contributed by atoms with Crippen LogP contribution >= 0.6 is 0 Å². The van der Waals surface area contributed by atoms with Crippen molar-refractivity contribution in [3.63, 3.8) is 0 Å². The second-order valence-corrected chi connectivity index (χ2v) is 2.45. The average Bonchev–Trinajstić information content (AvgIpc) is 2.32. The molecule has 2 rings (SSSR count). The Hall–Kier alpha value is -1.60. The zero-order valence-electron chi connectivity index (χ0n) is 6.10. The van der Waals surface area contributed by atoms with Gasteiger partial charge >= 0.3 is 5.84 Å². The van der Waals surface area contributed by atoms with Crippen LogP contribution in [0.1, 0.15) is 0 Å². The molecule has 12 heavy (non-hydrogen) atoms. The molecule has 0 aromatic heterocycles. The molecule has 0 saturated heterocycles. The number of guanidine groups is 1. The van der Waals surface area contributed by atoms with E-state index in [1.807, 2.05) is 0 Å². The molecule has 0 aromatic rings. The number of aliphatic imine (C=N–C) groups is 4. The molecule has 2 heterocycles. The Morgan fingerprint density at radius 1 is 1.42 bits per heavy atom. The highest BCUT2D eigenvalue weighted by Crippen LogP contribution is 2.06. The fraction of sp³-hybridized carbons (Fsp3) is 0.200. The summed E-state index contributed by atoms with van der Waals surface area (Å²) < 4.78 is 0. The van der Waals surface area contributed by atoms with Crippen LogP contribution in [0.3, 0.4) is 0 Å². The Kier molecular flexibility index (Phi) is 1.15. The molecule has 0 saturated carbocycles. The first-order valence-corrected chi connectivity index (χ1v) is 3.22. The van der Waals surface area contributed by atoms with Gasteiger partial charge in [0.05, 0.1) is 0 Å². The van der Waals surface area contributed by atoms with Gasteiger partial charge in [-0.05, 0) is 0 Å². The van der Waals surface area contributed by atoms with Crippen molar-refractivity contribution in [1.82, 2.24) is 4.99 Å². The van der Waals surface area contributed by atoms with Crippen molar-refractivity contribution >= 4 is 23.8 Å². The Labute approximate surface area is 67.8 Å². The first-order chi connectivity index (χ1) is 5.59. The highest BCUT2D eigenvalue weighted by molar-refractivity contribution is 6.49. The van der Waals surface area contributed by atoms with Crippen molar-refractivity contribution in [3.8, 4) is 0 Å². The predicted molar refractivity (Wildman–Crippen MR) is 45.8 cm³/mol. The number of rotatable bonds is 0. The topological polar surface area (TPSA) is 129 Å². The molecule has 0 amide bonds. The standard InChI is InChI=1S/C5H7N7/c6-4-11-3-2(9-1-10-3)5(7,8)12-4/h1H,7-8H2,(H2,6,12)/q+1. The SMILES string of the molecule is NC1=NC(N)(N)C2=NC=[N+]C2=N1. The van der Waals surface area contributed by atoms with E-state index in [1.54, 1.807) is 0 Å². The molecule has 0 unspecified atom stereocenters. The van der Waals surface area contributed by atoms with Crippen LogP contribution < -0.4 is 22.2 Å². The van der Waals surface area contributed by atoms with Crippen LogP contribution in [-0.2, 0) is 0 Å². The molecule has 0 aromatic carbocycles. The molecular formula is C5H7N7+. The predicted octanol–water partition coefficient (Wildman–Crippen LogP) is -2.90. The molecule has 0 atom stereocenters. The number of hydrogen-bond donors (Lipinski definition) is 3. The fourth-order valence-corrected chi connectivity index (χ4v) is 1.00. The van der Waals surface area contributed by atoms with E-state index in [-0.39, 0.29) is 5.96 Å². The van der Waals surface area contributed by atoms with Gasteiger partial charge in [0.25, 0.3) is 18.0 Å². The summed E-state index contributed by atoms with van der Waals surface area (Å²) >= 11 is 0. The van der Waals surface area contributed by atoms with Crippen LogP contribution in [0.25, 0.3) is 0 Å². The quantitative estimate of drug-likeness (QED) is 0.333. The number of nitrogens with zero attached hydrogens (tertiary/aromatic N) is 4. The Morgan fingerprint density at radius 3 is 2.92 bits per heavy atom. The fourth-order valence-electron chi connectivity index (χ4n) is 1.00. The molecule has 0 fully saturated rings. The lowest BCUT2D eigenvalue weighted by molar-refractivity contribution is 0.629. The van der Waals surface area contributed by atoms with Gasteiger partial charge in [0, 0.05) is 0 Å². The number of amidine groups is 1. The van der Waals surface area contributed by atoms with Gasteiger partial charge in [-0.15, -0.1) is 0 Å². The number of hydrogen-bond acceptors (Lipinski definition) is 7. The summed E-state index contributed by atoms with van der Waals surface area (Å²) in [5, 5.41) is 0. The Balaban J connectivity index is 2.54. The summed E-state index contributed by atoms with van der Waals surface area (Å²) in [6.07, 6.45) is 1.32. The maximum Gasteiger partial charge on any atom is 0.344 e. The summed E-state index contributed by atoms with van der Waals surface area (Å²) in [6.45, 7) is 0. The van der Waals surface area contributed by atoms with Gasteiger partial charge in [-0.2, -0.15) is 4.99 Å². The van der Waals surface area contributed by atoms with E-state index < -0.39 is 5.79 Å². The van der Waals surface area contributed by atoms with Gasteiger partial charge in [0.15, 0.2) is 0 Å². The van der Waals surface area contributed by atoms with Crippen molar-refractivity contribution in [3.05, 3.63) is 0 Å². The second-order valence-electron chi connectivity index (χ2n) is 2.45. The molecule has 7 nitrogen and oxygen atoms in total. The van der Waals surface area contributed by atoms with Crippen molar-refractivity contribution < 1.29 is 0 Å². The highest BCUT2D eigenvalue weighted by atomic mass is 15.3. The van der Waals surface area contributed by atoms with E-state index in [0.717, 1.165) is 0 Å². The third kappa shape index (κ3) is 0.840. The molecule has 0 bridgehead atoms. The van der Waals surface area contributed by atoms with Crippen LogP contribution in [0.2, 0.25) is 0 Å². The zero-order valence-corrected chi connectivity index (χ0v) is 6.10. The minimum Gasteiger partial charge on any atom is -0.354 e. The van der Waals surface area contributed by atoms with Gasteiger partial charge in [-0.1, -0.05) is 15.0 Å². The minimum atomic E-state index is -1.39. The van der Waals surface area contributed by atoms with E-state index in [4.69, 9.17) is 17.2 Å². The van der Waals surface area contributed by atoms with Crippen LogP contribution in [-0.4, -0.2) is 29.6 Å². The number of fused-ring (bicyclic) bond motifs is 1. The molecule has 1 radical (unpaired) electrons. The summed E-state index contributed by atoms with van der Waals surface area (Å²) in [5.74, 6) is -1.03. The van der Waals surface area contributed by atoms with E-state index >= 15 is 0 Å². The summed E-state index contributed by atoms with van der Waals surface area (Å²) in [4.78, 5) is 15.1. The van der Waals surface area contributed by atoms with Crippen molar-refractivity contribution in [2.45, 2.75) is 5.79 Å². The maximum atomic E-state index is 5.57. The van der Waals surface area contributed by atoms with Crippen LogP contribution in [0.5, 0.6) is 0 Å². The van der Waals surface area contributed by atoms with E-state index in [1.165, 1.54) is 6.34 Å². The normalized spacial score (nSPS) is 24.3. The van der Waals surface area contributed by atoms with Crippen molar-refractivity contribution in [2.24, 2.45) is 32.2 Å². The van der Waals surface area contributed by atoms with Gasteiger partial charge in [0.1, 0.15) is 0 Å². The molecular weight excluding hydrogens is 158 g/mol. The zero-order chi connectivity index (χ0) is 8.77. The summed E-state index contributed by atoms with van der Waals surface area (Å²) in [5.41, 5.74) is 16.8. The molecule has 61 valence electrons.